The van der Waals surface area contributed by atoms with Crippen LogP contribution in [-0.2, 0) is 9.53 Å². The number of non-ortho nitro benzene ring substituents is 1. The van der Waals surface area contributed by atoms with Gasteiger partial charge in [-0.25, -0.2) is 0 Å². The third kappa shape index (κ3) is 4.61. The Morgan fingerprint density at radius 3 is 2.67 bits per heavy atom. The van der Waals surface area contributed by atoms with Crippen molar-refractivity contribution in [2.75, 3.05) is 20.3 Å². The van der Waals surface area contributed by atoms with Crippen LogP contribution in [0.5, 0.6) is 5.75 Å². The van der Waals surface area contributed by atoms with Gasteiger partial charge in [-0.1, -0.05) is 6.07 Å². The van der Waals surface area contributed by atoms with Gasteiger partial charge in [0.1, 0.15) is 12.3 Å². The minimum absolute atomic E-state index is 0.0303. The van der Waals surface area contributed by atoms with Gasteiger partial charge in [0.05, 0.1) is 42.1 Å². The molecular formula is C25H27N5O5S. The highest BCUT2D eigenvalue weighted by Crippen LogP contribution is 2.42. The largest absolute Gasteiger partial charge is 0.495 e. The average Bonchev–Trinajstić information content (AvgIpc) is 3.33. The molecule has 4 rings (SSSR count). The van der Waals surface area contributed by atoms with Crippen LogP contribution < -0.4 is 10.1 Å². The third-order valence-corrected chi connectivity index (χ3v) is 6.56. The molecule has 2 atom stereocenters. The highest BCUT2D eigenvalue weighted by molar-refractivity contribution is 7.80. The first-order valence-corrected chi connectivity index (χ1v) is 11.8. The molecule has 0 radical (unpaired) electrons. The summed E-state index contributed by atoms with van der Waals surface area (Å²) in [5.74, 6) is 0.112. The molecule has 2 aromatic heterocycles. The number of hydrogen-bond acceptors (Lipinski definition) is 7. The summed E-state index contributed by atoms with van der Waals surface area (Å²) in [4.78, 5) is 29.9. The third-order valence-electron chi connectivity index (χ3n) is 6.21. The molecule has 0 saturated carbocycles. The molecule has 0 unspecified atom stereocenters. The second kappa shape index (κ2) is 10.3. The lowest BCUT2D eigenvalue weighted by Crippen LogP contribution is -2.35. The van der Waals surface area contributed by atoms with E-state index in [9.17, 15) is 14.9 Å². The maximum atomic E-state index is 12.5. The number of esters is 1. The summed E-state index contributed by atoms with van der Waals surface area (Å²) >= 11 is 5.64. The van der Waals surface area contributed by atoms with Gasteiger partial charge in [-0.2, -0.15) is 0 Å². The summed E-state index contributed by atoms with van der Waals surface area (Å²) in [7, 11) is 1.53. The van der Waals surface area contributed by atoms with E-state index in [1.54, 1.807) is 19.2 Å². The smallest absolute Gasteiger partial charge is 0.325 e. The van der Waals surface area contributed by atoms with E-state index in [0.29, 0.717) is 16.5 Å². The molecular weight excluding hydrogens is 482 g/mol. The van der Waals surface area contributed by atoms with E-state index in [1.165, 1.54) is 19.2 Å². The molecule has 1 aliphatic heterocycles. The van der Waals surface area contributed by atoms with Crippen molar-refractivity contribution < 1.29 is 19.2 Å². The molecule has 0 bridgehead atoms. The molecule has 0 spiro atoms. The number of thiocarbonyl (C=S) groups is 1. The molecule has 1 aromatic carbocycles. The number of nitro benzene ring substituents is 1. The first-order valence-electron chi connectivity index (χ1n) is 11.4. The Morgan fingerprint density at radius 1 is 1.25 bits per heavy atom. The van der Waals surface area contributed by atoms with Gasteiger partial charge in [-0.3, -0.25) is 19.9 Å². The molecule has 10 nitrogen and oxygen atoms in total. The van der Waals surface area contributed by atoms with Crippen LogP contribution in [0.2, 0.25) is 0 Å². The number of rotatable bonds is 8. The number of methoxy groups -OCH3 is 1. The van der Waals surface area contributed by atoms with Gasteiger partial charge in [0.15, 0.2) is 5.11 Å². The minimum Gasteiger partial charge on any atom is -0.495 e. The first kappa shape index (κ1) is 25.1. The van der Waals surface area contributed by atoms with Crippen LogP contribution in [-0.4, -0.2) is 50.7 Å². The van der Waals surface area contributed by atoms with E-state index in [1.807, 2.05) is 47.6 Å². The molecule has 1 aliphatic rings. The Kier molecular flexibility index (Phi) is 7.20. The number of hydrogen-bond donors (Lipinski definition) is 1. The second-order valence-corrected chi connectivity index (χ2v) is 8.72. The van der Waals surface area contributed by atoms with Crippen molar-refractivity contribution in [3.63, 3.8) is 0 Å². The van der Waals surface area contributed by atoms with Crippen LogP contribution in [0.4, 0.5) is 5.69 Å². The van der Waals surface area contributed by atoms with Gasteiger partial charge < -0.3 is 24.3 Å². The van der Waals surface area contributed by atoms with E-state index in [2.05, 4.69) is 10.3 Å². The standard InChI is InChI=1S/C25H27N5O5S/c1-5-35-22(31)14-28-24(23(27-25(28)36)19-8-6-7-11-26-19)18-12-15(2)29(16(18)3)20-13-17(30(32)33)9-10-21(20)34-4/h6-13,23-24H,5,14H2,1-4H3,(H,27,36)/t23-,24-/m0/s1. The fourth-order valence-electron chi connectivity index (χ4n) is 4.68. The van der Waals surface area contributed by atoms with Crippen LogP contribution in [0.3, 0.4) is 0 Å². The van der Waals surface area contributed by atoms with Gasteiger partial charge in [-0.05, 0) is 62.8 Å². The predicted molar refractivity (Wildman–Crippen MR) is 137 cm³/mol. The summed E-state index contributed by atoms with van der Waals surface area (Å²) in [6.07, 6.45) is 1.71. The molecule has 0 amide bonds. The number of aryl methyl sites for hydroxylation is 1. The quantitative estimate of drug-likeness (QED) is 0.209. The lowest BCUT2D eigenvalue weighted by atomic mass is 9.97. The fraction of sp³-hybridized carbons (Fsp3) is 0.320. The summed E-state index contributed by atoms with van der Waals surface area (Å²) in [6, 6.07) is 11.4. The number of pyridine rings is 1. The Labute approximate surface area is 214 Å². The number of aromatic nitrogens is 2. The fourth-order valence-corrected chi connectivity index (χ4v) is 4.99. The van der Waals surface area contributed by atoms with E-state index in [0.717, 1.165) is 22.6 Å². The van der Waals surface area contributed by atoms with Gasteiger partial charge in [0.2, 0.25) is 0 Å². The Balaban J connectivity index is 1.86. The maximum Gasteiger partial charge on any atom is 0.325 e. The number of benzene rings is 1. The monoisotopic (exact) mass is 509 g/mol. The van der Waals surface area contributed by atoms with Crippen LogP contribution in [0.15, 0.2) is 48.7 Å². The number of nitro groups is 1. The molecule has 1 N–H and O–H groups in total. The summed E-state index contributed by atoms with van der Waals surface area (Å²) in [6.45, 7) is 5.84. The average molecular weight is 510 g/mol. The Hall–Kier alpha value is -3.99. The summed E-state index contributed by atoms with van der Waals surface area (Å²) < 4.78 is 12.6. The molecule has 36 heavy (non-hydrogen) atoms. The molecule has 3 heterocycles. The lowest BCUT2D eigenvalue weighted by Gasteiger charge is -2.27. The molecule has 188 valence electrons. The molecule has 0 aliphatic carbocycles. The van der Waals surface area contributed by atoms with Crippen LogP contribution >= 0.6 is 12.2 Å². The van der Waals surface area contributed by atoms with E-state index in [4.69, 9.17) is 21.7 Å². The van der Waals surface area contributed by atoms with Gasteiger partial charge >= 0.3 is 5.97 Å². The number of nitrogens with one attached hydrogen (secondary N) is 1. The lowest BCUT2D eigenvalue weighted by molar-refractivity contribution is -0.384. The highest BCUT2D eigenvalue weighted by atomic mass is 32.1. The second-order valence-electron chi connectivity index (χ2n) is 8.33. The zero-order chi connectivity index (χ0) is 26.0. The Morgan fingerprint density at radius 2 is 2.03 bits per heavy atom. The number of nitrogens with zero attached hydrogens (tertiary/aromatic N) is 4. The van der Waals surface area contributed by atoms with Crippen LogP contribution in [0.25, 0.3) is 5.69 Å². The van der Waals surface area contributed by atoms with Crippen molar-refractivity contribution in [1.82, 2.24) is 19.8 Å². The predicted octanol–water partition coefficient (Wildman–Crippen LogP) is 3.94. The van der Waals surface area contributed by atoms with Crippen molar-refractivity contribution in [3.05, 3.63) is 81.4 Å². The van der Waals surface area contributed by atoms with Gasteiger partial charge in [0, 0.05) is 29.7 Å². The van der Waals surface area contributed by atoms with Crippen molar-refractivity contribution in [2.24, 2.45) is 0 Å². The van der Waals surface area contributed by atoms with Crippen molar-refractivity contribution in [2.45, 2.75) is 32.9 Å². The summed E-state index contributed by atoms with van der Waals surface area (Å²) in [5.41, 5.74) is 3.85. The first-order chi connectivity index (χ1) is 17.3. The number of ether oxygens (including phenoxy) is 2. The van der Waals surface area contributed by atoms with Crippen LogP contribution in [0, 0.1) is 24.0 Å². The van der Waals surface area contributed by atoms with E-state index < -0.39 is 4.92 Å². The molecule has 11 heteroatoms. The van der Waals surface area contributed by atoms with Gasteiger partial charge in [-0.15, -0.1) is 0 Å². The van der Waals surface area contributed by atoms with Crippen LogP contribution in [0.1, 0.15) is 41.7 Å². The SMILES string of the molecule is CCOC(=O)CN1C(=S)N[C@@H](c2ccccn2)[C@@H]1c1cc(C)n(-c2cc([N+](=O)[O-])ccc2OC)c1C. The maximum absolute atomic E-state index is 12.5. The van der Waals surface area contributed by atoms with Crippen molar-refractivity contribution in [3.8, 4) is 11.4 Å². The number of carbonyl (C=O) groups excluding carboxylic acids is 1. The van der Waals surface area contributed by atoms with E-state index in [-0.39, 0.29) is 36.9 Å². The topological polar surface area (TPSA) is 112 Å². The normalized spacial score (nSPS) is 17.1. The molecule has 3 aromatic rings. The van der Waals surface area contributed by atoms with Crippen molar-refractivity contribution in [1.29, 1.82) is 0 Å². The zero-order valence-electron chi connectivity index (χ0n) is 20.4. The number of carbonyl (C=O) groups is 1. The van der Waals surface area contributed by atoms with Crippen molar-refractivity contribution >= 4 is 29.0 Å². The van der Waals surface area contributed by atoms with E-state index >= 15 is 0 Å². The molecule has 1 fully saturated rings. The molecule has 1 saturated heterocycles. The summed E-state index contributed by atoms with van der Waals surface area (Å²) in [5, 5.41) is 15.2. The Bertz CT molecular complexity index is 1310. The van der Waals surface area contributed by atoms with Gasteiger partial charge in [0.25, 0.3) is 5.69 Å². The highest BCUT2D eigenvalue weighted by Gasteiger charge is 2.42. The minimum atomic E-state index is -0.435. The zero-order valence-corrected chi connectivity index (χ0v) is 21.2.